The van der Waals surface area contributed by atoms with Crippen LogP contribution in [0, 0.1) is 0 Å². The van der Waals surface area contributed by atoms with Gasteiger partial charge in [0.05, 0.1) is 6.54 Å². The summed E-state index contributed by atoms with van der Waals surface area (Å²) in [6.45, 7) is 2.39. The van der Waals surface area contributed by atoms with E-state index < -0.39 is 0 Å². The Morgan fingerprint density at radius 1 is 1.29 bits per heavy atom. The van der Waals surface area contributed by atoms with Crippen LogP contribution in [0.1, 0.15) is 0 Å². The van der Waals surface area contributed by atoms with Gasteiger partial charge in [-0.2, -0.15) is 11.8 Å². The first-order chi connectivity index (χ1) is 10.3. The van der Waals surface area contributed by atoms with Gasteiger partial charge < -0.3 is 24.8 Å². The molecule has 1 aromatic carbocycles. The van der Waals surface area contributed by atoms with Crippen LogP contribution in [0.25, 0.3) is 0 Å². The molecule has 0 amide bonds. The standard InChI is InChI=1S/C14H21N3O3S/c1-15-14(17-6-8-21-2)16-5-7-18-11-3-4-12-13(9-11)20-10-19-12/h3-4,9H,5-8,10H2,1-2H3,(H2,15,16,17). The first-order valence-corrected chi connectivity index (χ1v) is 8.19. The first kappa shape index (κ1) is 15.6. The van der Waals surface area contributed by atoms with Crippen LogP contribution in [0.3, 0.4) is 0 Å². The molecular formula is C14H21N3O3S. The highest BCUT2D eigenvalue weighted by molar-refractivity contribution is 7.98. The summed E-state index contributed by atoms with van der Waals surface area (Å²) in [5.74, 6) is 4.10. The van der Waals surface area contributed by atoms with E-state index in [4.69, 9.17) is 14.2 Å². The second kappa shape index (κ2) is 8.51. The summed E-state index contributed by atoms with van der Waals surface area (Å²) in [6, 6.07) is 5.57. The zero-order chi connectivity index (χ0) is 14.9. The number of hydrogen-bond acceptors (Lipinski definition) is 5. The van der Waals surface area contributed by atoms with Crippen LogP contribution in [0.4, 0.5) is 0 Å². The predicted octanol–water partition coefficient (Wildman–Crippen LogP) is 1.32. The molecule has 7 heteroatoms. The van der Waals surface area contributed by atoms with Crippen molar-refractivity contribution >= 4 is 17.7 Å². The topological polar surface area (TPSA) is 64.1 Å². The monoisotopic (exact) mass is 311 g/mol. The molecule has 1 aliphatic rings. The minimum Gasteiger partial charge on any atom is -0.492 e. The van der Waals surface area contributed by atoms with Crippen LogP contribution in [0.2, 0.25) is 0 Å². The molecule has 6 nitrogen and oxygen atoms in total. The maximum atomic E-state index is 5.67. The number of nitrogens with one attached hydrogen (secondary N) is 2. The molecule has 1 heterocycles. The number of ether oxygens (including phenoxy) is 3. The summed E-state index contributed by atoms with van der Waals surface area (Å²) in [7, 11) is 1.76. The number of hydrogen-bond donors (Lipinski definition) is 2. The fraction of sp³-hybridized carbons (Fsp3) is 0.500. The molecule has 1 aromatic rings. The molecule has 2 N–H and O–H groups in total. The van der Waals surface area contributed by atoms with Crippen molar-refractivity contribution in [2.45, 2.75) is 0 Å². The van der Waals surface area contributed by atoms with Crippen molar-refractivity contribution in [2.24, 2.45) is 4.99 Å². The summed E-state index contributed by atoms with van der Waals surface area (Å²) in [4.78, 5) is 4.14. The third kappa shape index (κ3) is 4.93. The van der Waals surface area contributed by atoms with Crippen molar-refractivity contribution in [1.29, 1.82) is 0 Å². The van der Waals surface area contributed by atoms with Crippen molar-refractivity contribution in [1.82, 2.24) is 10.6 Å². The van der Waals surface area contributed by atoms with E-state index in [0.29, 0.717) is 13.2 Å². The Hall–Kier alpha value is -1.76. The Morgan fingerprint density at radius 2 is 2.10 bits per heavy atom. The van der Waals surface area contributed by atoms with Gasteiger partial charge in [-0.1, -0.05) is 0 Å². The van der Waals surface area contributed by atoms with Gasteiger partial charge in [-0.05, 0) is 18.4 Å². The van der Waals surface area contributed by atoms with E-state index in [1.165, 1.54) is 0 Å². The maximum absolute atomic E-state index is 5.67. The lowest BCUT2D eigenvalue weighted by Crippen LogP contribution is -2.40. The van der Waals surface area contributed by atoms with Crippen molar-refractivity contribution < 1.29 is 14.2 Å². The summed E-state index contributed by atoms with van der Waals surface area (Å²) in [5.41, 5.74) is 0. The van der Waals surface area contributed by atoms with Gasteiger partial charge in [0.25, 0.3) is 0 Å². The Labute approximate surface area is 129 Å². The highest BCUT2D eigenvalue weighted by Crippen LogP contribution is 2.34. The van der Waals surface area contributed by atoms with E-state index in [-0.39, 0.29) is 6.79 Å². The molecule has 2 rings (SSSR count). The normalized spacial score (nSPS) is 13.1. The van der Waals surface area contributed by atoms with Gasteiger partial charge in [-0.15, -0.1) is 0 Å². The van der Waals surface area contributed by atoms with E-state index in [0.717, 1.165) is 35.5 Å². The molecule has 1 aliphatic heterocycles. The minimum absolute atomic E-state index is 0.276. The highest BCUT2D eigenvalue weighted by atomic mass is 32.2. The lowest BCUT2D eigenvalue weighted by atomic mass is 10.3. The van der Waals surface area contributed by atoms with Gasteiger partial charge in [-0.3, -0.25) is 4.99 Å². The van der Waals surface area contributed by atoms with Gasteiger partial charge in [-0.25, -0.2) is 0 Å². The lowest BCUT2D eigenvalue weighted by molar-refractivity contribution is 0.173. The second-order valence-corrected chi connectivity index (χ2v) is 5.27. The predicted molar refractivity (Wildman–Crippen MR) is 85.8 cm³/mol. The lowest BCUT2D eigenvalue weighted by Gasteiger charge is -2.12. The molecule has 0 saturated carbocycles. The minimum atomic E-state index is 0.276. The largest absolute Gasteiger partial charge is 0.492 e. The van der Waals surface area contributed by atoms with Crippen LogP contribution in [0.15, 0.2) is 23.2 Å². The molecule has 116 valence electrons. The number of aliphatic imine (C=N–C) groups is 1. The van der Waals surface area contributed by atoms with Crippen LogP contribution < -0.4 is 24.8 Å². The van der Waals surface area contributed by atoms with E-state index in [9.17, 15) is 0 Å². The molecule has 0 fully saturated rings. The van der Waals surface area contributed by atoms with E-state index in [2.05, 4.69) is 21.9 Å². The summed E-state index contributed by atoms with van der Waals surface area (Å²) < 4.78 is 16.2. The molecular weight excluding hydrogens is 290 g/mol. The Kier molecular flexibility index (Phi) is 6.33. The molecule has 21 heavy (non-hydrogen) atoms. The number of thioether (sulfide) groups is 1. The van der Waals surface area contributed by atoms with Crippen molar-refractivity contribution in [3.8, 4) is 17.2 Å². The Morgan fingerprint density at radius 3 is 2.90 bits per heavy atom. The Balaban J connectivity index is 1.67. The molecule has 0 radical (unpaired) electrons. The van der Waals surface area contributed by atoms with Crippen molar-refractivity contribution in [2.75, 3.05) is 45.5 Å². The van der Waals surface area contributed by atoms with Crippen LogP contribution in [0.5, 0.6) is 17.2 Å². The SMILES string of the molecule is CN=C(NCCOc1ccc2c(c1)OCO2)NCCSC. The van der Waals surface area contributed by atoms with E-state index in [1.807, 2.05) is 18.2 Å². The molecule has 0 unspecified atom stereocenters. The number of nitrogens with zero attached hydrogens (tertiary/aromatic N) is 1. The third-order valence-corrected chi connectivity index (χ3v) is 3.44. The van der Waals surface area contributed by atoms with Gasteiger partial charge >= 0.3 is 0 Å². The van der Waals surface area contributed by atoms with E-state index >= 15 is 0 Å². The van der Waals surface area contributed by atoms with Gasteiger partial charge in [0.15, 0.2) is 17.5 Å². The quantitative estimate of drug-likeness (QED) is 0.450. The van der Waals surface area contributed by atoms with Crippen molar-refractivity contribution in [3.05, 3.63) is 18.2 Å². The number of benzene rings is 1. The fourth-order valence-electron chi connectivity index (χ4n) is 1.80. The molecule has 0 saturated heterocycles. The van der Waals surface area contributed by atoms with Crippen molar-refractivity contribution in [3.63, 3.8) is 0 Å². The molecule has 0 spiro atoms. The van der Waals surface area contributed by atoms with Crippen LogP contribution >= 0.6 is 11.8 Å². The maximum Gasteiger partial charge on any atom is 0.231 e. The first-order valence-electron chi connectivity index (χ1n) is 6.79. The van der Waals surface area contributed by atoms with Gasteiger partial charge in [0.1, 0.15) is 12.4 Å². The average Bonchev–Trinajstić information content (AvgIpc) is 2.97. The second-order valence-electron chi connectivity index (χ2n) is 4.28. The van der Waals surface area contributed by atoms with Gasteiger partial charge in [0.2, 0.25) is 6.79 Å². The zero-order valence-electron chi connectivity index (χ0n) is 12.3. The zero-order valence-corrected chi connectivity index (χ0v) is 13.2. The van der Waals surface area contributed by atoms with Gasteiger partial charge in [0, 0.05) is 25.4 Å². The molecule has 0 atom stereocenters. The highest BCUT2D eigenvalue weighted by Gasteiger charge is 2.13. The summed E-state index contributed by atoms with van der Waals surface area (Å²) in [6.07, 6.45) is 2.08. The Bertz CT molecular complexity index is 483. The molecule has 0 aliphatic carbocycles. The number of fused-ring (bicyclic) bond motifs is 1. The van der Waals surface area contributed by atoms with E-state index in [1.54, 1.807) is 18.8 Å². The van der Waals surface area contributed by atoms with Crippen LogP contribution in [-0.4, -0.2) is 51.5 Å². The average molecular weight is 311 g/mol. The fourth-order valence-corrected chi connectivity index (χ4v) is 2.10. The molecule has 0 aromatic heterocycles. The summed E-state index contributed by atoms with van der Waals surface area (Å²) >= 11 is 1.80. The number of guanidine groups is 1. The smallest absolute Gasteiger partial charge is 0.231 e. The third-order valence-electron chi connectivity index (χ3n) is 2.83. The molecule has 0 bridgehead atoms. The van der Waals surface area contributed by atoms with Crippen LogP contribution in [-0.2, 0) is 0 Å². The summed E-state index contributed by atoms with van der Waals surface area (Å²) in [5, 5.41) is 6.43. The number of rotatable bonds is 7.